The Bertz CT molecular complexity index is 1410. The Kier molecular flexibility index (Phi) is 5.82. The number of carbonyl (C=O) groups excluding carboxylic acids is 1. The van der Waals surface area contributed by atoms with E-state index in [2.05, 4.69) is 31.7 Å². The van der Waals surface area contributed by atoms with E-state index in [1.165, 1.54) is 11.3 Å². The van der Waals surface area contributed by atoms with Gasteiger partial charge >= 0.3 is 0 Å². The van der Waals surface area contributed by atoms with Crippen molar-refractivity contribution in [2.75, 3.05) is 18.4 Å². The van der Waals surface area contributed by atoms with E-state index in [1.807, 2.05) is 60.7 Å². The van der Waals surface area contributed by atoms with Gasteiger partial charge in [0.1, 0.15) is 5.82 Å². The highest BCUT2D eigenvalue weighted by molar-refractivity contribution is 9.10. The Hall–Kier alpha value is -2.94. The van der Waals surface area contributed by atoms with Crippen LogP contribution in [0, 0.1) is 0 Å². The lowest BCUT2D eigenvalue weighted by Crippen LogP contribution is -2.28. The van der Waals surface area contributed by atoms with Crippen molar-refractivity contribution >= 4 is 66.3 Å². The Morgan fingerprint density at radius 1 is 1.09 bits per heavy atom. The van der Waals surface area contributed by atoms with Crippen LogP contribution in [0.2, 0.25) is 5.02 Å². The number of fused-ring (bicyclic) bond motifs is 2. The summed E-state index contributed by atoms with van der Waals surface area (Å²) in [6, 6.07) is 19.4. The third kappa shape index (κ3) is 4.09. The van der Waals surface area contributed by atoms with Gasteiger partial charge in [-0.05, 0) is 39.5 Å². The fraction of sp³-hybridized carbons (Fsp3) is 0.0870. The van der Waals surface area contributed by atoms with Crippen LogP contribution in [0.4, 0.5) is 5.82 Å². The van der Waals surface area contributed by atoms with Crippen molar-refractivity contribution in [3.05, 3.63) is 81.2 Å². The number of benzene rings is 2. The third-order valence-electron chi connectivity index (χ3n) is 4.94. The average Bonchev–Trinajstić information content (AvgIpc) is 3.41. The second-order valence-corrected chi connectivity index (χ2v) is 9.41. The van der Waals surface area contributed by atoms with Gasteiger partial charge in [-0.2, -0.15) is 9.61 Å². The molecule has 0 unspecified atom stereocenters. The number of nitrogens with one attached hydrogen (secondary N) is 2. The summed E-state index contributed by atoms with van der Waals surface area (Å²) in [4.78, 5) is 17.9. The highest BCUT2D eigenvalue weighted by atomic mass is 79.9. The van der Waals surface area contributed by atoms with E-state index in [9.17, 15) is 4.79 Å². The van der Waals surface area contributed by atoms with Gasteiger partial charge in [-0.1, -0.05) is 48.0 Å². The third-order valence-corrected chi connectivity index (χ3v) is 6.95. The smallest absolute Gasteiger partial charge is 0.261 e. The van der Waals surface area contributed by atoms with Gasteiger partial charge in [-0.25, -0.2) is 4.98 Å². The minimum atomic E-state index is -0.0773. The average molecular weight is 527 g/mol. The SMILES string of the molecule is O=C(NCCNc1cc(-c2ccccc2Cl)nc2c(Br)cnn12)c1cc2ccccc2s1. The van der Waals surface area contributed by atoms with Crippen molar-refractivity contribution in [1.82, 2.24) is 19.9 Å². The summed E-state index contributed by atoms with van der Waals surface area (Å²) < 4.78 is 3.61. The molecule has 32 heavy (non-hydrogen) atoms. The highest BCUT2D eigenvalue weighted by Crippen LogP contribution is 2.30. The van der Waals surface area contributed by atoms with E-state index in [0.29, 0.717) is 28.6 Å². The quantitative estimate of drug-likeness (QED) is 0.272. The van der Waals surface area contributed by atoms with Crippen molar-refractivity contribution in [1.29, 1.82) is 0 Å². The van der Waals surface area contributed by atoms with E-state index in [4.69, 9.17) is 16.6 Å². The van der Waals surface area contributed by atoms with Gasteiger partial charge in [0.15, 0.2) is 5.65 Å². The zero-order valence-corrected chi connectivity index (χ0v) is 19.8. The maximum absolute atomic E-state index is 12.5. The van der Waals surface area contributed by atoms with Crippen LogP contribution in [0.5, 0.6) is 0 Å². The first-order chi connectivity index (χ1) is 15.6. The summed E-state index contributed by atoms with van der Waals surface area (Å²) in [5, 5.41) is 12.4. The number of carbonyl (C=O) groups is 1. The standard InChI is InChI=1S/C23H17BrClN5OS/c24-16-13-28-30-21(12-18(29-22(16)30)15-6-2-3-7-17(15)25)26-9-10-27-23(31)20-11-14-5-1-4-8-19(14)32-20/h1-8,11-13,26H,9-10H2,(H,27,31). The normalized spacial score (nSPS) is 11.2. The molecule has 160 valence electrons. The molecule has 1 amide bonds. The van der Waals surface area contributed by atoms with E-state index in [1.54, 1.807) is 10.7 Å². The first-order valence-corrected chi connectivity index (χ1v) is 11.9. The Morgan fingerprint density at radius 2 is 1.91 bits per heavy atom. The van der Waals surface area contributed by atoms with Crippen molar-refractivity contribution in [3.8, 4) is 11.3 Å². The molecular weight excluding hydrogens is 510 g/mol. The Morgan fingerprint density at radius 3 is 2.75 bits per heavy atom. The van der Waals surface area contributed by atoms with E-state index < -0.39 is 0 Å². The van der Waals surface area contributed by atoms with Gasteiger partial charge < -0.3 is 10.6 Å². The number of rotatable bonds is 6. The first kappa shape index (κ1) is 20.9. The van der Waals surface area contributed by atoms with Crippen LogP contribution >= 0.6 is 38.9 Å². The zero-order chi connectivity index (χ0) is 22.1. The lowest BCUT2D eigenvalue weighted by molar-refractivity contribution is 0.0959. The molecule has 0 aliphatic rings. The predicted molar refractivity (Wildman–Crippen MR) is 134 cm³/mol. The van der Waals surface area contributed by atoms with Crippen LogP contribution in [0.3, 0.4) is 0 Å². The van der Waals surface area contributed by atoms with Crippen LogP contribution in [0.25, 0.3) is 27.0 Å². The Labute approximate surface area is 201 Å². The molecule has 2 N–H and O–H groups in total. The topological polar surface area (TPSA) is 71.3 Å². The van der Waals surface area contributed by atoms with Crippen molar-refractivity contribution in [3.63, 3.8) is 0 Å². The summed E-state index contributed by atoms with van der Waals surface area (Å²) in [7, 11) is 0. The number of aromatic nitrogens is 3. The van der Waals surface area contributed by atoms with Crippen LogP contribution in [-0.4, -0.2) is 33.6 Å². The van der Waals surface area contributed by atoms with E-state index >= 15 is 0 Å². The lowest BCUT2D eigenvalue weighted by atomic mass is 10.1. The predicted octanol–water partition coefficient (Wildman–Crippen LogP) is 5.87. The fourth-order valence-electron chi connectivity index (χ4n) is 3.42. The van der Waals surface area contributed by atoms with Crippen molar-refractivity contribution < 1.29 is 4.79 Å². The minimum absolute atomic E-state index is 0.0773. The summed E-state index contributed by atoms with van der Waals surface area (Å²) >= 11 is 11.4. The summed E-state index contributed by atoms with van der Waals surface area (Å²) in [6.07, 6.45) is 1.70. The summed E-state index contributed by atoms with van der Waals surface area (Å²) in [6.45, 7) is 0.982. The minimum Gasteiger partial charge on any atom is -0.368 e. The van der Waals surface area contributed by atoms with Gasteiger partial charge in [-0.15, -0.1) is 11.3 Å². The molecule has 0 fully saturated rings. The molecule has 0 aliphatic heterocycles. The number of nitrogens with zero attached hydrogens (tertiary/aromatic N) is 3. The summed E-state index contributed by atoms with van der Waals surface area (Å²) in [5.74, 6) is 0.679. The van der Waals surface area contributed by atoms with Gasteiger partial charge in [0.25, 0.3) is 5.91 Å². The monoisotopic (exact) mass is 525 g/mol. The molecular formula is C23H17BrClN5OS. The molecule has 6 nitrogen and oxygen atoms in total. The van der Waals surface area contributed by atoms with E-state index in [0.717, 1.165) is 31.6 Å². The largest absolute Gasteiger partial charge is 0.368 e. The molecule has 5 aromatic rings. The van der Waals surface area contributed by atoms with E-state index in [-0.39, 0.29) is 5.91 Å². The number of anilines is 1. The maximum Gasteiger partial charge on any atom is 0.261 e. The molecule has 0 spiro atoms. The fourth-order valence-corrected chi connectivity index (χ4v) is 4.98. The van der Waals surface area contributed by atoms with Gasteiger partial charge in [-0.3, -0.25) is 4.79 Å². The maximum atomic E-state index is 12.5. The molecule has 2 aromatic carbocycles. The van der Waals surface area contributed by atoms with Crippen LogP contribution in [0.1, 0.15) is 9.67 Å². The van der Waals surface area contributed by atoms with Gasteiger partial charge in [0.05, 0.1) is 21.2 Å². The molecule has 0 radical (unpaired) electrons. The first-order valence-electron chi connectivity index (χ1n) is 9.90. The highest BCUT2D eigenvalue weighted by Gasteiger charge is 2.14. The number of amides is 1. The number of thiophene rings is 1. The number of hydrogen-bond donors (Lipinski definition) is 2. The van der Waals surface area contributed by atoms with Crippen LogP contribution in [0.15, 0.2) is 71.3 Å². The molecule has 0 saturated carbocycles. The van der Waals surface area contributed by atoms with Gasteiger partial charge in [0, 0.05) is 34.4 Å². The van der Waals surface area contributed by atoms with Crippen molar-refractivity contribution in [2.24, 2.45) is 0 Å². The van der Waals surface area contributed by atoms with Crippen LogP contribution in [-0.2, 0) is 0 Å². The Balaban J connectivity index is 1.31. The zero-order valence-electron chi connectivity index (χ0n) is 16.7. The molecule has 0 atom stereocenters. The van der Waals surface area contributed by atoms with Gasteiger partial charge in [0.2, 0.25) is 0 Å². The van der Waals surface area contributed by atoms with Crippen molar-refractivity contribution in [2.45, 2.75) is 0 Å². The molecule has 9 heteroatoms. The molecule has 0 bridgehead atoms. The lowest BCUT2D eigenvalue weighted by Gasteiger charge is -2.12. The molecule has 0 saturated heterocycles. The second kappa shape index (κ2) is 8.90. The number of halogens is 2. The molecule has 0 aliphatic carbocycles. The molecule has 3 aromatic heterocycles. The summed E-state index contributed by atoms with van der Waals surface area (Å²) in [5.41, 5.74) is 2.26. The second-order valence-electron chi connectivity index (χ2n) is 7.07. The van der Waals surface area contributed by atoms with Crippen LogP contribution < -0.4 is 10.6 Å². The number of hydrogen-bond acceptors (Lipinski definition) is 5. The molecule has 3 heterocycles. The molecule has 5 rings (SSSR count).